The lowest BCUT2D eigenvalue weighted by Gasteiger charge is -2.51. The van der Waals surface area contributed by atoms with Gasteiger partial charge in [0.25, 0.3) is 0 Å². The van der Waals surface area contributed by atoms with Gasteiger partial charge < -0.3 is 24.8 Å². The van der Waals surface area contributed by atoms with Crippen molar-refractivity contribution in [3.8, 4) is 0 Å². The summed E-state index contributed by atoms with van der Waals surface area (Å²) in [6.07, 6.45) is 11.5. The predicted molar refractivity (Wildman–Crippen MR) is 163 cm³/mol. The Hall–Kier alpha value is -2.29. The molecular formula is C35H52O8. The number of aliphatic hydroxyl groups excluding tert-OH is 1. The largest absolute Gasteiger partial charge is 0.454 e. The Labute approximate surface area is 256 Å². The minimum Gasteiger partial charge on any atom is -0.454 e. The quantitative estimate of drug-likeness (QED) is 0.122. The molecule has 4 aliphatic rings. The number of hydrogen-bond donors (Lipinski definition) is 3. The van der Waals surface area contributed by atoms with Crippen molar-refractivity contribution in [2.75, 3.05) is 6.61 Å². The topological polar surface area (TPSA) is 130 Å². The van der Waals surface area contributed by atoms with Crippen molar-refractivity contribution in [3.63, 3.8) is 0 Å². The van der Waals surface area contributed by atoms with Crippen LogP contribution in [-0.4, -0.2) is 62.6 Å². The highest BCUT2D eigenvalue weighted by molar-refractivity contribution is 6.06. The fourth-order valence-corrected chi connectivity index (χ4v) is 8.76. The summed E-state index contributed by atoms with van der Waals surface area (Å²) < 4.78 is 12.6. The molecule has 0 bridgehead atoms. The van der Waals surface area contributed by atoms with E-state index in [0.717, 1.165) is 19.3 Å². The van der Waals surface area contributed by atoms with Crippen molar-refractivity contribution in [1.82, 2.24) is 0 Å². The van der Waals surface area contributed by atoms with Gasteiger partial charge in [0.1, 0.15) is 11.7 Å². The van der Waals surface area contributed by atoms with E-state index >= 15 is 0 Å². The van der Waals surface area contributed by atoms with Gasteiger partial charge in [0.2, 0.25) is 0 Å². The SMILES string of the molecule is C/C=C(\C)C(=O)O[C@@H]1[C@@H](C)[C@H]2[C@@H](C=C(CO)C[C@]3(O)C(=O)C(C)=C[C@@]23O)[C@@H]2C(C)(C)[C@]12OC(=O)CCCCCCCCC. The highest BCUT2D eigenvalue weighted by Crippen LogP contribution is 2.76. The zero-order valence-electron chi connectivity index (χ0n) is 27.1. The molecule has 0 heterocycles. The van der Waals surface area contributed by atoms with Crippen LogP contribution in [0.2, 0.25) is 0 Å². The third kappa shape index (κ3) is 5.25. The Kier molecular flexibility index (Phi) is 9.57. The van der Waals surface area contributed by atoms with Crippen LogP contribution < -0.4 is 0 Å². The Balaban J connectivity index is 1.72. The van der Waals surface area contributed by atoms with Crippen LogP contribution in [-0.2, 0) is 23.9 Å². The Morgan fingerprint density at radius 1 is 1.09 bits per heavy atom. The van der Waals surface area contributed by atoms with Crippen LogP contribution in [0, 0.1) is 29.1 Å². The molecule has 2 saturated carbocycles. The van der Waals surface area contributed by atoms with Crippen molar-refractivity contribution < 1.29 is 39.2 Å². The molecule has 4 rings (SSSR count). The number of hydrogen-bond acceptors (Lipinski definition) is 8. The number of fused-ring (bicyclic) bond motifs is 5. The third-order valence-electron chi connectivity index (χ3n) is 11.1. The summed E-state index contributed by atoms with van der Waals surface area (Å²) in [7, 11) is 0. The van der Waals surface area contributed by atoms with E-state index < -0.39 is 57.8 Å². The van der Waals surface area contributed by atoms with Crippen LogP contribution in [0.5, 0.6) is 0 Å². The number of ether oxygens (including phenoxy) is 2. The first-order valence-corrected chi connectivity index (χ1v) is 16.2. The molecule has 43 heavy (non-hydrogen) atoms. The molecule has 240 valence electrons. The van der Waals surface area contributed by atoms with Crippen LogP contribution in [0.4, 0.5) is 0 Å². The van der Waals surface area contributed by atoms with Crippen molar-refractivity contribution in [3.05, 3.63) is 34.9 Å². The minimum absolute atomic E-state index is 0.216. The highest BCUT2D eigenvalue weighted by Gasteiger charge is 2.86. The zero-order chi connectivity index (χ0) is 32.0. The lowest BCUT2D eigenvalue weighted by molar-refractivity contribution is -0.211. The number of rotatable bonds is 12. The molecule has 8 nitrogen and oxygen atoms in total. The second-order valence-corrected chi connectivity index (χ2v) is 14.1. The van der Waals surface area contributed by atoms with Crippen LogP contribution in [0.1, 0.15) is 106 Å². The second kappa shape index (κ2) is 12.2. The first kappa shape index (κ1) is 33.6. The number of ketones is 1. The van der Waals surface area contributed by atoms with Gasteiger partial charge in [-0.2, -0.15) is 0 Å². The van der Waals surface area contributed by atoms with Crippen molar-refractivity contribution in [2.24, 2.45) is 29.1 Å². The predicted octanol–water partition coefficient (Wildman–Crippen LogP) is 5.14. The summed E-state index contributed by atoms with van der Waals surface area (Å²) in [5.74, 6) is -3.70. The van der Waals surface area contributed by atoms with Crippen LogP contribution in [0.3, 0.4) is 0 Å². The lowest BCUT2D eigenvalue weighted by Crippen LogP contribution is -2.65. The van der Waals surface area contributed by atoms with Gasteiger partial charge in [-0.15, -0.1) is 0 Å². The summed E-state index contributed by atoms with van der Waals surface area (Å²) >= 11 is 0. The van der Waals surface area contributed by atoms with Crippen LogP contribution >= 0.6 is 0 Å². The number of allylic oxidation sites excluding steroid dienone is 2. The Morgan fingerprint density at radius 3 is 2.33 bits per heavy atom. The smallest absolute Gasteiger partial charge is 0.333 e. The van der Waals surface area contributed by atoms with Gasteiger partial charge >= 0.3 is 11.9 Å². The van der Waals surface area contributed by atoms with E-state index in [1.165, 1.54) is 25.3 Å². The van der Waals surface area contributed by atoms with Crippen molar-refractivity contribution in [1.29, 1.82) is 0 Å². The number of unbranched alkanes of at least 4 members (excludes halogenated alkanes) is 6. The molecule has 4 aliphatic carbocycles. The average molecular weight is 601 g/mol. The van der Waals surface area contributed by atoms with E-state index in [9.17, 15) is 29.7 Å². The van der Waals surface area contributed by atoms with E-state index in [2.05, 4.69) is 6.92 Å². The van der Waals surface area contributed by atoms with E-state index in [4.69, 9.17) is 9.47 Å². The molecule has 2 fully saturated rings. The molecule has 0 aliphatic heterocycles. The summed E-state index contributed by atoms with van der Waals surface area (Å²) in [5.41, 5.74) is -4.88. The lowest BCUT2D eigenvalue weighted by atomic mass is 9.60. The van der Waals surface area contributed by atoms with Crippen molar-refractivity contribution >= 4 is 17.7 Å². The molecule has 0 aromatic heterocycles. The van der Waals surface area contributed by atoms with Gasteiger partial charge in [0.05, 0.1) is 6.61 Å². The van der Waals surface area contributed by atoms with E-state index in [1.54, 1.807) is 26.8 Å². The summed E-state index contributed by atoms with van der Waals surface area (Å²) in [6, 6.07) is 0. The Morgan fingerprint density at radius 2 is 1.72 bits per heavy atom. The average Bonchev–Trinajstić information content (AvgIpc) is 3.42. The monoisotopic (exact) mass is 600 g/mol. The Bertz CT molecular complexity index is 1210. The maximum absolute atomic E-state index is 13.5. The number of carbonyl (C=O) groups excluding carboxylic acids is 3. The minimum atomic E-state index is -2.17. The maximum Gasteiger partial charge on any atom is 0.333 e. The van der Waals surface area contributed by atoms with E-state index in [-0.39, 0.29) is 36.9 Å². The molecule has 3 N–H and O–H groups in total. The zero-order valence-corrected chi connectivity index (χ0v) is 27.1. The van der Waals surface area contributed by atoms with Gasteiger partial charge in [-0.1, -0.05) is 78.4 Å². The molecule has 0 spiro atoms. The molecule has 0 unspecified atom stereocenters. The molecule has 8 atom stereocenters. The summed E-state index contributed by atoms with van der Waals surface area (Å²) in [6.45, 7) is 12.6. The third-order valence-corrected chi connectivity index (χ3v) is 11.1. The first-order valence-electron chi connectivity index (χ1n) is 16.2. The standard InChI is InChI=1S/C35H52O8/c1-8-10-11-12-13-14-15-16-26(37)43-35-28(32(35,6)7)25-17-24(20-36)19-34(41)29(38)22(4)18-33(34,40)27(25)23(5)30(35)42-31(39)21(3)9-2/h9,17-18,23,25,27-28,30,36,40-41H,8,10-16,19-20H2,1-7H3/b21-9+/t23-,25+,27-,28+,30+,33+,34-,35+/m0/s1. The van der Waals surface area contributed by atoms with E-state index in [0.29, 0.717) is 17.6 Å². The number of Topliss-reactive ketones (excluding diaryl/α,β-unsaturated/α-hetero) is 1. The molecule has 0 radical (unpaired) electrons. The fourth-order valence-electron chi connectivity index (χ4n) is 8.76. The number of esters is 2. The first-order chi connectivity index (χ1) is 20.2. The van der Waals surface area contributed by atoms with Gasteiger partial charge in [0, 0.05) is 41.6 Å². The van der Waals surface area contributed by atoms with Gasteiger partial charge in [-0.25, -0.2) is 4.79 Å². The fraction of sp³-hybridized carbons (Fsp3) is 0.743. The maximum atomic E-state index is 13.5. The number of aliphatic hydroxyl groups is 3. The van der Waals surface area contributed by atoms with Gasteiger partial charge in [0.15, 0.2) is 17.0 Å². The molecule has 0 saturated heterocycles. The van der Waals surface area contributed by atoms with Crippen LogP contribution in [0.25, 0.3) is 0 Å². The van der Waals surface area contributed by atoms with Crippen LogP contribution in [0.15, 0.2) is 34.9 Å². The molecule has 0 aromatic carbocycles. The van der Waals surface area contributed by atoms with E-state index in [1.807, 2.05) is 26.8 Å². The highest BCUT2D eigenvalue weighted by atomic mass is 16.6. The van der Waals surface area contributed by atoms with Crippen molar-refractivity contribution in [2.45, 2.75) is 129 Å². The molecule has 0 aromatic rings. The van der Waals surface area contributed by atoms with Gasteiger partial charge in [-0.3, -0.25) is 9.59 Å². The molecule has 0 amide bonds. The molecule has 8 heteroatoms. The normalized spacial score (nSPS) is 37.8. The summed E-state index contributed by atoms with van der Waals surface area (Å²) in [4.78, 5) is 40.0. The summed E-state index contributed by atoms with van der Waals surface area (Å²) in [5, 5.41) is 34.5. The second-order valence-electron chi connectivity index (χ2n) is 14.1. The van der Waals surface area contributed by atoms with Gasteiger partial charge in [-0.05, 0) is 50.3 Å². The molecular weight excluding hydrogens is 548 g/mol. The number of carbonyl (C=O) groups is 3.